The van der Waals surface area contributed by atoms with Crippen LogP contribution in [-0.2, 0) is 15.0 Å². The quantitative estimate of drug-likeness (QED) is 0.170. The average Bonchev–Trinajstić information content (AvgIpc) is 3.18. The summed E-state index contributed by atoms with van der Waals surface area (Å²) in [6.07, 6.45) is -0.0372. The number of halogens is 2. The van der Waals surface area contributed by atoms with Gasteiger partial charge in [0.2, 0.25) is 0 Å². The molecule has 1 aliphatic heterocycles. The Hall–Kier alpha value is -3.68. The van der Waals surface area contributed by atoms with E-state index in [2.05, 4.69) is 20.8 Å². The Bertz CT molecular complexity index is 1510. The standard InChI is InChI=1S/C32H33Cl2NO6/c1-17(2)41-21-14-8-18(9-15-21)26-24(27(36)22-16-23(33)30(40-7)25(34)29(22)39-6)28(37)31(38)35(26)20-12-10-19(11-13-20)32(3,4)5/h8-17,26,36H,1-7H3/b27-24+. The monoisotopic (exact) mass is 597 g/mol. The lowest BCUT2D eigenvalue weighted by Gasteiger charge is -2.27. The van der Waals surface area contributed by atoms with Crippen LogP contribution in [0.3, 0.4) is 0 Å². The van der Waals surface area contributed by atoms with E-state index in [1.807, 2.05) is 26.0 Å². The maximum absolute atomic E-state index is 13.7. The molecule has 1 heterocycles. The van der Waals surface area contributed by atoms with Gasteiger partial charge in [-0.05, 0) is 60.7 Å². The second-order valence-electron chi connectivity index (χ2n) is 11.0. The number of rotatable bonds is 7. The topological polar surface area (TPSA) is 85.3 Å². The van der Waals surface area contributed by atoms with E-state index < -0.39 is 23.5 Å². The molecule has 0 bridgehead atoms. The third-order valence-corrected chi connectivity index (χ3v) is 7.44. The minimum Gasteiger partial charge on any atom is -0.507 e. The van der Waals surface area contributed by atoms with Crippen LogP contribution < -0.4 is 19.1 Å². The number of aliphatic hydroxyl groups is 1. The smallest absolute Gasteiger partial charge is 0.300 e. The van der Waals surface area contributed by atoms with Gasteiger partial charge in [0.1, 0.15) is 16.5 Å². The Kier molecular flexibility index (Phi) is 8.62. The highest BCUT2D eigenvalue weighted by atomic mass is 35.5. The van der Waals surface area contributed by atoms with Crippen LogP contribution in [0.2, 0.25) is 10.0 Å². The molecule has 4 rings (SSSR count). The van der Waals surface area contributed by atoms with Gasteiger partial charge >= 0.3 is 0 Å². The Morgan fingerprint density at radius 1 is 0.927 bits per heavy atom. The summed E-state index contributed by atoms with van der Waals surface area (Å²) >= 11 is 12.9. The fraction of sp³-hybridized carbons (Fsp3) is 0.312. The molecule has 0 radical (unpaired) electrons. The number of anilines is 1. The van der Waals surface area contributed by atoms with Gasteiger partial charge in [0.05, 0.1) is 42.5 Å². The summed E-state index contributed by atoms with van der Waals surface area (Å²) in [7, 11) is 2.76. The van der Waals surface area contributed by atoms with Crippen LogP contribution in [0.5, 0.6) is 17.2 Å². The van der Waals surface area contributed by atoms with Crippen molar-refractivity contribution in [3.63, 3.8) is 0 Å². The van der Waals surface area contributed by atoms with Gasteiger partial charge in [-0.2, -0.15) is 0 Å². The molecule has 9 heteroatoms. The zero-order valence-corrected chi connectivity index (χ0v) is 25.6. The van der Waals surface area contributed by atoms with Gasteiger partial charge in [-0.15, -0.1) is 0 Å². The molecule has 0 aliphatic carbocycles. The number of carbonyl (C=O) groups excluding carboxylic acids is 2. The highest BCUT2D eigenvalue weighted by Crippen LogP contribution is 2.48. The summed E-state index contributed by atoms with van der Waals surface area (Å²) in [5, 5.41) is 11.8. The van der Waals surface area contributed by atoms with Crippen LogP contribution in [-0.4, -0.2) is 37.1 Å². The Labute approximate surface area is 250 Å². The predicted octanol–water partition coefficient (Wildman–Crippen LogP) is 7.72. The minimum atomic E-state index is -0.965. The van der Waals surface area contributed by atoms with Crippen molar-refractivity contribution in [2.24, 2.45) is 0 Å². The van der Waals surface area contributed by atoms with Crippen molar-refractivity contribution in [3.05, 3.63) is 86.9 Å². The van der Waals surface area contributed by atoms with E-state index in [0.29, 0.717) is 17.0 Å². The van der Waals surface area contributed by atoms with Gasteiger partial charge in [-0.25, -0.2) is 0 Å². The first-order chi connectivity index (χ1) is 19.3. The number of nitrogens with zero attached hydrogens (tertiary/aromatic N) is 1. The Balaban J connectivity index is 1.96. The molecular weight excluding hydrogens is 565 g/mol. The van der Waals surface area contributed by atoms with E-state index in [0.717, 1.165) is 5.56 Å². The van der Waals surface area contributed by atoms with Gasteiger partial charge in [-0.1, -0.05) is 68.2 Å². The average molecular weight is 599 g/mol. The highest BCUT2D eigenvalue weighted by Gasteiger charge is 2.47. The molecule has 1 N–H and O–H groups in total. The molecule has 1 amide bonds. The molecule has 1 unspecified atom stereocenters. The number of ketones is 1. The lowest BCUT2D eigenvalue weighted by atomic mass is 9.87. The predicted molar refractivity (Wildman–Crippen MR) is 162 cm³/mol. The van der Waals surface area contributed by atoms with Gasteiger partial charge in [-0.3, -0.25) is 14.5 Å². The summed E-state index contributed by atoms with van der Waals surface area (Å²) in [6.45, 7) is 10.1. The van der Waals surface area contributed by atoms with Crippen LogP contribution >= 0.6 is 23.2 Å². The molecule has 3 aromatic carbocycles. The van der Waals surface area contributed by atoms with Crippen molar-refractivity contribution in [2.45, 2.75) is 52.2 Å². The number of Topliss-reactive ketones (excluding diaryl/α,β-unsaturated/α-hetero) is 1. The second-order valence-corrected chi connectivity index (χ2v) is 11.8. The van der Waals surface area contributed by atoms with E-state index in [9.17, 15) is 14.7 Å². The number of methoxy groups -OCH3 is 2. The number of carbonyl (C=O) groups is 2. The lowest BCUT2D eigenvalue weighted by Crippen LogP contribution is -2.29. The van der Waals surface area contributed by atoms with Gasteiger partial charge in [0.15, 0.2) is 11.5 Å². The maximum atomic E-state index is 13.7. The van der Waals surface area contributed by atoms with Gasteiger partial charge in [0, 0.05) is 5.69 Å². The van der Waals surface area contributed by atoms with E-state index in [4.69, 9.17) is 37.4 Å². The van der Waals surface area contributed by atoms with E-state index in [-0.39, 0.29) is 44.2 Å². The molecule has 1 aliphatic rings. The number of amides is 1. The van der Waals surface area contributed by atoms with Crippen LogP contribution in [0.15, 0.2) is 60.2 Å². The van der Waals surface area contributed by atoms with Crippen LogP contribution in [0.25, 0.3) is 5.76 Å². The van der Waals surface area contributed by atoms with Crippen molar-refractivity contribution >= 4 is 46.3 Å². The molecule has 0 saturated carbocycles. The Morgan fingerprint density at radius 3 is 2.02 bits per heavy atom. The summed E-state index contributed by atoms with van der Waals surface area (Å²) in [6, 6.07) is 14.9. The number of benzene rings is 3. The molecule has 216 valence electrons. The molecule has 3 aromatic rings. The number of hydrogen-bond acceptors (Lipinski definition) is 6. The molecule has 1 saturated heterocycles. The van der Waals surface area contributed by atoms with Crippen LogP contribution in [0, 0.1) is 0 Å². The van der Waals surface area contributed by atoms with Crippen molar-refractivity contribution < 1.29 is 28.9 Å². The van der Waals surface area contributed by atoms with Crippen molar-refractivity contribution in [1.29, 1.82) is 0 Å². The molecular formula is C32H33Cl2NO6. The molecule has 1 fully saturated rings. The second kappa shape index (κ2) is 11.7. The highest BCUT2D eigenvalue weighted by molar-refractivity contribution is 6.52. The normalized spacial score (nSPS) is 16.8. The van der Waals surface area contributed by atoms with E-state index >= 15 is 0 Å². The molecule has 41 heavy (non-hydrogen) atoms. The minimum absolute atomic E-state index is 0.0165. The SMILES string of the molecule is COc1c(Cl)cc(/C(O)=C2\C(=O)C(=O)N(c3ccc(C(C)(C)C)cc3)C2c2ccc(OC(C)C)cc2)c(OC)c1Cl. The first-order valence-electron chi connectivity index (χ1n) is 13.1. The fourth-order valence-electron chi connectivity index (χ4n) is 4.83. The van der Waals surface area contributed by atoms with Crippen molar-refractivity contribution in [3.8, 4) is 17.2 Å². The molecule has 0 spiro atoms. The van der Waals surface area contributed by atoms with Gasteiger partial charge < -0.3 is 19.3 Å². The van der Waals surface area contributed by atoms with Crippen LogP contribution in [0.4, 0.5) is 5.69 Å². The number of aliphatic hydroxyl groups excluding tert-OH is 1. The third kappa shape index (κ3) is 5.74. The summed E-state index contributed by atoms with van der Waals surface area (Å²) in [4.78, 5) is 28.7. The zero-order chi connectivity index (χ0) is 30.2. The summed E-state index contributed by atoms with van der Waals surface area (Å²) < 4.78 is 16.5. The first-order valence-corrected chi connectivity index (χ1v) is 13.8. The fourth-order valence-corrected chi connectivity index (χ4v) is 5.52. The number of ether oxygens (including phenoxy) is 3. The molecule has 7 nitrogen and oxygen atoms in total. The van der Waals surface area contributed by atoms with Crippen molar-refractivity contribution in [1.82, 2.24) is 0 Å². The van der Waals surface area contributed by atoms with Gasteiger partial charge in [0.25, 0.3) is 11.7 Å². The molecule has 0 aromatic heterocycles. The van der Waals surface area contributed by atoms with E-state index in [1.165, 1.54) is 25.2 Å². The van der Waals surface area contributed by atoms with E-state index in [1.54, 1.807) is 36.4 Å². The van der Waals surface area contributed by atoms with Crippen LogP contribution in [0.1, 0.15) is 57.4 Å². The number of hydrogen-bond donors (Lipinski definition) is 1. The lowest BCUT2D eigenvalue weighted by molar-refractivity contribution is -0.132. The maximum Gasteiger partial charge on any atom is 0.300 e. The summed E-state index contributed by atoms with van der Waals surface area (Å²) in [5.41, 5.74) is 1.96. The largest absolute Gasteiger partial charge is 0.507 e. The third-order valence-electron chi connectivity index (χ3n) is 6.82. The Morgan fingerprint density at radius 2 is 1.51 bits per heavy atom. The van der Waals surface area contributed by atoms with Crippen molar-refractivity contribution in [2.75, 3.05) is 19.1 Å². The zero-order valence-electron chi connectivity index (χ0n) is 24.0. The first kappa shape index (κ1) is 30.3. The molecule has 1 atom stereocenters. The summed E-state index contributed by atoms with van der Waals surface area (Å²) in [5.74, 6) is -1.30.